The van der Waals surface area contributed by atoms with Gasteiger partial charge in [0.25, 0.3) is 0 Å². The molecule has 0 atom stereocenters. The minimum Gasteiger partial charge on any atom is -0.349 e. The summed E-state index contributed by atoms with van der Waals surface area (Å²) in [6.07, 6.45) is 2.30. The molecule has 2 rings (SSSR count). The van der Waals surface area contributed by atoms with Crippen LogP contribution in [0.1, 0.15) is 32.0 Å². The molecule has 1 aromatic heterocycles. The van der Waals surface area contributed by atoms with Crippen molar-refractivity contribution in [3.05, 3.63) is 23.5 Å². The zero-order valence-corrected chi connectivity index (χ0v) is 8.72. The van der Waals surface area contributed by atoms with Crippen molar-refractivity contribution >= 4 is 0 Å². The molecule has 1 aliphatic rings. The van der Waals surface area contributed by atoms with Crippen molar-refractivity contribution < 1.29 is 0 Å². The van der Waals surface area contributed by atoms with Crippen molar-refractivity contribution in [2.75, 3.05) is 6.54 Å². The SMILES string of the molecule is CC(C)(C)c1cc2n(c1)CCNC2. The summed E-state index contributed by atoms with van der Waals surface area (Å²) in [5.74, 6) is 0. The monoisotopic (exact) mass is 178 g/mol. The van der Waals surface area contributed by atoms with Gasteiger partial charge in [-0.05, 0) is 17.0 Å². The molecule has 1 N–H and O–H groups in total. The van der Waals surface area contributed by atoms with E-state index in [4.69, 9.17) is 0 Å². The minimum absolute atomic E-state index is 0.282. The van der Waals surface area contributed by atoms with Crippen molar-refractivity contribution in [2.24, 2.45) is 0 Å². The number of rotatable bonds is 0. The molecular formula is C11H18N2. The lowest BCUT2D eigenvalue weighted by Crippen LogP contribution is -2.27. The van der Waals surface area contributed by atoms with Gasteiger partial charge >= 0.3 is 0 Å². The molecule has 72 valence electrons. The predicted octanol–water partition coefficient (Wildman–Crippen LogP) is 1.89. The Hall–Kier alpha value is -0.760. The van der Waals surface area contributed by atoms with Crippen LogP contribution in [0.3, 0.4) is 0 Å². The van der Waals surface area contributed by atoms with Crippen LogP contribution in [0.25, 0.3) is 0 Å². The smallest absolute Gasteiger partial charge is 0.0360 e. The Morgan fingerprint density at radius 2 is 2.15 bits per heavy atom. The van der Waals surface area contributed by atoms with Gasteiger partial charge in [0.15, 0.2) is 0 Å². The van der Waals surface area contributed by atoms with E-state index >= 15 is 0 Å². The topological polar surface area (TPSA) is 17.0 Å². The maximum absolute atomic E-state index is 3.38. The molecule has 0 radical (unpaired) electrons. The van der Waals surface area contributed by atoms with Crippen LogP contribution in [0.5, 0.6) is 0 Å². The average molecular weight is 178 g/mol. The summed E-state index contributed by atoms with van der Waals surface area (Å²) in [6.45, 7) is 10.0. The molecule has 0 unspecified atom stereocenters. The van der Waals surface area contributed by atoms with Crippen LogP contribution in [0.15, 0.2) is 12.3 Å². The fourth-order valence-electron chi connectivity index (χ4n) is 1.74. The highest BCUT2D eigenvalue weighted by Gasteiger charge is 2.18. The van der Waals surface area contributed by atoms with Gasteiger partial charge in [-0.2, -0.15) is 0 Å². The van der Waals surface area contributed by atoms with Crippen LogP contribution in [0.4, 0.5) is 0 Å². The summed E-state index contributed by atoms with van der Waals surface area (Å²) >= 11 is 0. The summed E-state index contributed by atoms with van der Waals surface area (Å²) in [7, 11) is 0. The highest BCUT2D eigenvalue weighted by atomic mass is 15.1. The normalized spacial score (nSPS) is 17.2. The van der Waals surface area contributed by atoms with Crippen LogP contribution in [0.2, 0.25) is 0 Å². The Morgan fingerprint density at radius 3 is 2.77 bits per heavy atom. The second-order valence-corrected chi connectivity index (χ2v) is 4.84. The molecule has 0 saturated carbocycles. The van der Waals surface area contributed by atoms with E-state index in [-0.39, 0.29) is 5.41 Å². The number of nitrogens with zero attached hydrogens (tertiary/aromatic N) is 1. The quantitative estimate of drug-likeness (QED) is 0.642. The molecule has 2 heteroatoms. The van der Waals surface area contributed by atoms with Gasteiger partial charge in [0.05, 0.1) is 0 Å². The van der Waals surface area contributed by atoms with Crippen LogP contribution < -0.4 is 5.32 Å². The molecule has 0 saturated heterocycles. The zero-order valence-electron chi connectivity index (χ0n) is 8.72. The molecule has 2 heterocycles. The standard InChI is InChI=1S/C11H18N2/c1-11(2,3)9-6-10-7-12-4-5-13(10)8-9/h6,8,12H,4-5,7H2,1-3H3. The van der Waals surface area contributed by atoms with Crippen molar-refractivity contribution in [1.82, 2.24) is 9.88 Å². The van der Waals surface area contributed by atoms with Gasteiger partial charge in [-0.1, -0.05) is 20.8 Å². The maximum atomic E-state index is 3.38. The predicted molar refractivity (Wildman–Crippen MR) is 54.8 cm³/mol. The molecule has 13 heavy (non-hydrogen) atoms. The first kappa shape index (κ1) is 8.82. The summed E-state index contributed by atoms with van der Waals surface area (Å²) in [5, 5.41) is 3.38. The first-order valence-electron chi connectivity index (χ1n) is 4.97. The first-order chi connectivity index (χ1) is 6.07. The number of hydrogen-bond donors (Lipinski definition) is 1. The van der Waals surface area contributed by atoms with E-state index in [1.165, 1.54) is 11.3 Å². The lowest BCUT2D eigenvalue weighted by molar-refractivity contribution is 0.515. The number of aromatic nitrogens is 1. The van der Waals surface area contributed by atoms with Crippen LogP contribution in [-0.4, -0.2) is 11.1 Å². The minimum atomic E-state index is 0.282. The molecule has 0 bridgehead atoms. The van der Waals surface area contributed by atoms with Gasteiger partial charge in [0.1, 0.15) is 0 Å². The molecule has 0 spiro atoms. The molecule has 0 fully saturated rings. The van der Waals surface area contributed by atoms with Crippen LogP contribution in [-0.2, 0) is 18.5 Å². The second-order valence-electron chi connectivity index (χ2n) is 4.84. The van der Waals surface area contributed by atoms with Gasteiger partial charge in [-0.15, -0.1) is 0 Å². The third-order valence-electron chi connectivity index (χ3n) is 2.69. The molecule has 0 amide bonds. The van der Waals surface area contributed by atoms with E-state index in [0.717, 1.165) is 19.6 Å². The highest BCUT2D eigenvalue weighted by Crippen LogP contribution is 2.25. The van der Waals surface area contributed by atoms with E-state index in [0.29, 0.717) is 0 Å². The van der Waals surface area contributed by atoms with Crippen molar-refractivity contribution in [1.29, 1.82) is 0 Å². The summed E-state index contributed by atoms with van der Waals surface area (Å²) < 4.78 is 2.37. The van der Waals surface area contributed by atoms with Gasteiger partial charge in [-0.25, -0.2) is 0 Å². The fourth-order valence-corrected chi connectivity index (χ4v) is 1.74. The lowest BCUT2D eigenvalue weighted by atomic mass is 9.89. The summed E-state index contributed by atoms with van der Waals surface area (Å²) in [6, 6.07) is 2.33. The zero-order chi connectivity index (χ0) is 9.47. The second kappa shape index (κ2) is 2.88. The number of nitrogens with one attached hydrogen (secondary N) is 1. The Labute approximate surface area is 79.9 Å². The largest absolute Gasteiger partial charge is 0.349 e. The van der Waals surface area contributed by atoms with E-state index in [2.05, 4.69) is 42.9 Å². The third kappa shape index (κ3) is 1.63. The van der Waals surface area contributed by atoms with Crippen LogP contribution >= 0.6 is 0 Å². The molecule has 0 aromatic carbocycles. The van der Waals surface area contributed by atoms with Gasteiger partial charge in [0, 0.05) is 31.5 Å². The van der Waals surface area contributed by atoms with E-state index in [9.17, 15) is 0 Å². The average Bonchev–Trinajstić information content (AvgIpc) is 2.45. The Bertz CT molecular complexity index is 281. The van der Waals surface area contributed by atoms with Crippen LogP contribution in [0, 0.1) is 0 Å². The lowest BCUT2D eigenvalue weighted by Gasteiger charge is -2.16. The maximum Gasteiger partial charge on any atom is 0.0360 e. The van der Waals surface area contributed by atoms with Gasteiger partial charge in [-0.3, -0.25) is 0 Å². The van der Waals surface area contributed by atoms with Crippen molar-refractivity contribution in [2.45, 2.75) is 39.3 Å². The Morgan fingerprint density at radius 1 is 1.38 bits per heavy atom. The summed E-state index contributed by atoms with van der Waals surface area (Å²) in [4.78, 5) is 0. The third-order valence-corrected chi connectivity index (χ3v) is 2.69. The highest BCUT2D eigenvalue weighted by molar-refractivity contribution is 5.26. The summed E-state index contributed by atoms with van der Waals surface area (Å²) in [5.41, 5.74) is 3.16. The molecule has 1 aromatic rings. The van der Waals surface area contributed by atoms with E-state index in [1.807, 2.05) is 0 Å². The van der Waals surface area contributed by atoms with E-state index < -0.39 is 0 Å². The molecule has 1 aliphatic heterocycles. The van der Waals surface area contributed by atoms with Gasteiger partial charge in [0.2, 0.25) is 0 Å². The Kier molecular flexibility index (Phi) is 1.95. The molecular weight excluding hydrogens is 160 g/mol. The Balaban J connectivity index is 2.36. The molecule has 0 aliphatic carbocycles. The van der Waals surface area contributed by atoms with Crippen molar-refractivity contribution in [3.63, 3.8) is 0 Å². The number of hydrogen-bond acceptors (Lipinski definition) is 1. The van der Waals surface area contributed by atoms with Gasteiger partial charge < -0.3 is 9.88 Å². The molecule has 2 nitrogen and oxygen atoms in total. The fraction of sp³-hybridized carbons (Fsp3) is 0.636. The van der Waals surface area contributed by atoms with E-state index in [1.54, 1.807) is 0 Å². The van der Waals surface area contributed by atoms with Crippen molar-refractivity contribution in [3.8, 4) is 0 Å². The first-order valence-corrected chi connectivity index (χ1v) is 4.97. The number of fused-ring (bicyclic) bond motifs is 1.